The van der Waals surface area contributed by atoms with E-state index in [1.54, 1.807) is 38.8 Å². The summed E-state index contributed by atoms with van der Waals surface area (Å²) in [6, 6.07) is 13.5. The van der Waals surface area contributed by atoms with Crippen LogP contribution < -0.4 is 16.0 Å². The number of ether oxygens (including phenoxy) is 1. The van der Waals surface area contributed by atoms with Crippen molar-refractivity contribution in [2.45, 2.75) is 19.4 Å². The second-order valence-electron chi connectivity index (χ2n) is 9.29. The molecule has 0 fully saturated rings. The fourth-order valence-corrected chi connectivity index (χ4v) is 4.41. The van der Waals surface area contributed by atoms with Crippen molar-refractivity contribution in [1.82, 2.24) is 35.0 Å². The number of pyridine rings is 2. The van der Waals surface area contributed by atoms with Crippen molar-refractivity contribution in [1.29, 1.82) is 0 Å². The van der Waals surface area contributed by atoms with Crippen LogP contribution in [0.2, 0.25) is 0 Å². The molecule has 0 bridgehead atoms. The largest absolute Gasteiger partial charge is 0.383 e. The summed E-state index contributed by atoms with van der Waals surface area (Å²) in [7, 11) is 3.30. The fourth-order valence-electron chi connectivity index (χ4n) is 4.41. The Morgan fingerprint density at radius 1 is 1.05 bits per heavy atom. The van der Waals surface area contributed by atoms with Crippen LogP contribution in [0, 0.1) is 0 Å². The van der Waals surface area contributed by atoms with Crippen molar-refractivity contribution < 1.29 is 9.53 Å². The molecule has 4 heterocycles. The van der Waals surface area contributed by atoms with Gasteiger partial charge in [0.25, 0.3) is 5.91 Å². The molecule has 12 heteroatoms. The van der Waals surface area contributed by atoms with Crippen molar-refractivity contribution >= 4 is 47.6 Å². The number of rotatable bonds is 11. The van der Waals surface area contributed by atoms with E-state index in [0.717, 1.165) is 33.4 Å². The van der Waals surface area contributed by atoms with Crippen LogP contribution in [0.15, 0.2) is 73.6 Å². The van der Waals surface area contributed by atoms with Gasteiger partial charge in [-0.25, -0.2) is 15.0 Å². The third-order valence-corrected chi connectivity index (χ3v) is 6.55. The minimum Gasteiger partial charge on any atom is -0.383 e. The Kier molecular flexibility index (Phi) is 9.82. The molecule has 0 aliphatic heterocycles. The first-order valence-electron chi connectivity index (χ1n) is 13.0. The van der Waals surface area contributed by atoms with Gasteiger partial charge in [0.05, 0.1) is 41.8 Å². The van der Waals surface area contributed by atoms with Crippen molar-refractivity contribution in [2.24, 2.45) is 0 Å². The zero-order chi connectivity index (χ0) is 27.9. The third-order valence-electron chi connectivity index (χ3n) is 6.55. The van der Waals surface area contributed by atoms with Gasteiger partial charge in [0.1, 0.15) is 18.0 Å². The number of anilines is 3. The number of amides is 1. The van der Waals surface area contributed by atoms with Crippen LogP contribution in [-0.2, 0) is 11.3 Å². The topological polar surface area (TPSA) is 132 Å². The second kappa shape index (κ2) is 13.7. The Balaban J connectivity index is 0.00000387. The van der Waals surface area contributed by atoms with Gasteiger partial charge in [-0.15, -0.1) is 0 Å². The number of fused-ring (bicyclic) bond motifs is 1. The van der Waals surface area contributed by atoms with Crippen LogP contribution >= 0.6 is 13.5 Å². The van der Waals surface area contributed by atoms with Crippen molar-refractivity contribution in [3.05, 3.63) is 84.7 Å². The zero-order valence-electron chi connectivity index (χ0n) is 23.1. The molecule has 41 heavy (non-hydrogen) atoms. The number of hydrogen-bond donors (Lipinski definition) is 3. The molecule has 0 aliphatic rings. The lowest BCUT2D eigenvalue weighted by Gasteiger charge is -2.16. The number of para-hydroxylation sites is 1. The smallest absolute Gasteiger partial charge is 0.251 e. The van der Waals surface area contributed by atoms with Crippen molar-refractivity contribution in [2.75, 3.05) is 37.9 Å². The third kappa shape index (κ3) is 6.97. The Morgan fingerprint density at radius 3 is 2.71 bits per heavy atom. The van der Waals surface area contributed by atoms with Crippen LogP contribution in [-0.4, -0.2) is 62.9 Å². The van der Waals surface area contributed by atoms with Gasteiger partial charge in [-0.05, 0) is 23.8 Å². The van der Waals surface area contributed by atoms with Crippen LogP contribution in [0.3, 0.4) is 0 Å². The van der Waals surface area contributed by atoms with E-state index in [4.69, 9.17) is 4.74 Å². The predicted molar refractivity (Wildman–Crippen MR) is 165 cm³/mol. The lowest BCUT2D eigenvalue weighted by Crippen LogP contribution is -2.18. The lowest BCUT2D eigenvalue weighted by atomic mass is 9.96. The predicted octanol–water partition coefficient (Wildman–Crippen LogP) is 4.36. The molecule has 1 amide bonds. The number of methoxy groups -OCH3 is 1. The number of aromatic nitrogens is 6. The molecule has 0 saturated heterocycles. The summed E-state index contributed by atoms with van der Waals surface area (Å²) in [6.07, 6.45) is 8.66. The summed E-state index contributed by atoms with van der Waals surface area (Å²) >= 11 is 0. The maximum absolute atomic E-state index is 12.3. The van der Waals surface area contributed by atoms with Crippen LogP contribution in [0.5, 0.6) is 0 Å². The second-order valence-corrected chi connectivity index (χ2v) is 9.29. The summed E-state index contributed by atoms with van der Waals surface area (Å²) in [6.45, 7) is 4.03. The number of nitrogens with zero attached hydrogens (tertiary/aromatic N) is 6. The zero-order valence-corrected chi connectivity index (χ0v) is 24.1. The maximum Gasteiger partial charge on any atom is 0.251 e. The highest BCUT2D eigenvalue weighted by molar-refractivity contribution is 7.59. The van der Waals surface area contributed by atoms with E-state index in [1.807, 2.05) is 47.3 Å². The van der Waals surface area contributed by atoms with Gasteiger partial charge in [0.2, 0.25) is 0 Å². The van der Waals surface area contributed by atoms with Gasteiger partial charge in [-0.2, -0.15) is 18.6 Å². The molecular weight excluding hydrogens is 538 g/mol. The molecule has 11 nitrogen and oxygen atoms in total. The van der Waals surface area contributed by atoms with Gasteiger partial charge in [0.15, 0.2) is 0 Å². The first-order valence-corrected chi connectivity index (χ1v) is 13.0. The Labute approximate surface area is 245 Å². The number of hydrogen-bond acceptors (Lipinski definition) is 9. The van der Waals surface area contributed by atoms with Crippen molar-refractivity contribution in [3.8, 4) is 11.3 Å². The molecule has 0 unspecified atom stereocenters. The first-order chi connectivity index (χ1) is 19.6. The van der Waals surface area contributed by atoms with E-state index in [-0.39, 0.29) is 25.3 Å². The Morgan fingerprint density at radius 2 is 1.93 bits per heavy atom. The van der Waals surface area contributed by atoms with Crippen molar-refractivity contribution in [3.63, 3.8) is 0 Å². The molecule has 0 spiro atoms. The Bertz CT molecular complexity index is 1610. The maximum atomic E-state index is 12.3. The van der Waals surface area contributed by atoms with E-state index >= 15 is 0 Å². The molecule has 5 aromatic rings. The number of carbonyl (C=O) groups excluding carboxylic acids is 1. The first kappa shape index (κ1) is 29.4. The van der Waals surface area contributed by atoms with E-state index in [2.05, 4.69) is 47.9 Å². The fraction of sp³-hybridized carbons (Fsp3) is 0.241. The molecule has 212 valence electrons. The molecule has 0 saturated carbocycles. The van der Waals surface area contributed by atoms with Crippen LogP contribution in [0.25, 0.3) is 22.2 Å². The standard InChI is InChI=1S/C29H31N9O2.H2S/c1-19(22-5-4-6-23-24(29(39)30-2)9-10-31-28(22)23)14-32-27-13-25(34-18-35-27)20-7-8-26(33-15-20)37-21-16-36-38(17-21)11-12-40-3;/h4-10,13,15-19H,11-12,14H2,1-3H3,(H,30,39)(H,33,37)(H,32,34,35);1H2/t19-;/m1./s1. The van der Waals surface area contributed by atoms with Gasteiger partial charge < -0.3 is 20.7 Å². The lowest BCUT2D eigenvalue weighted by molar-refractivity contribution is 0.0964. The average Bonchev–Trinajstić information content (AvgIpc) is 3.45. The van der Waals surface area contributed by atoms with E-state index in [0.29, 0.717) is 36.9 Å². The summed E-state index contributed by atoms with van der Waals surface area (Å²) in [5.41, 5.74) is 4.98. The summed E-state index contributed by atoms with van der Waals surface area (Å²) in [5.74, 6) is 1.40. The molecule has 0 radical (unpaired) electrons. The molecule has 3 N–H and O–H groups in total. The van der Waals surface area contributed by atoms with Gasteiger partial charge in [-0.1, -0.05) is 25.1 Å². The monoisotopic (exact) mass is 571 g/mol. The highest BCUT2D eigenvalue weighted by Gasteiger charge is 2.15. The summed E-state index contributed by atoms with van der Waals surface area (Å²) in [5, 5.41) is 14.5. The van der Waals surface area contributed by atoms with Crippen LogP contribution in [0.1, 0.15) is 28.8 Å². The molecule has 5 rings (SSSR count). The quantitative estimate of drug-likeness (QED) is 0.212. The molecule has 1 aromatic carbocycles. The normalized spacial score (nSPS) is 11.5. The number of benzene rings is 1. The highest BCUT2D eigenvalue weighted by Crippen LogP contribution is 2.27. The van der Waals surface area contributed by atoms with E-state index in [1.165, 1.54) is 6.33 Å². The molecule has 1 atom stereocenters. The summed E-state index contributed by atoms with van der Waals surface area (Å²) in [4.78, 5) is 30.3. The SMILES string of the molecule is CNC(=O)c1ccnc2c([C@H](C)CNc3cc(-c4ccc(Nc5cnn(CCOC)c5)nc4)ncn3)cccc12.S. The number of carbonyl (C=O) groups is 1. The summed E-state index contributed by atoms with van der Waals surface area (Å²) < 4.78 is 6.91. The Hall–Kier alpha value is -4.55. The van der Waals surface area contributed by atoms with Gasteiger partial charge >= 0.3 is 0 Å². The minimum absolute atomic E-state index is 0. The minimum atomic E-state index is -0.129. The molecule has 4 aromatic heterocycles. The highest BCUT2D eigenvalue weighted by atomic mass is 32.1. The van der Waals surface area contributed by atoms with Gasteiger partial charge in [0, 0.05) is 62.2 Å². The van der Waals surface area contributed by atoms with E-state index < -0.39 is 0 Å². The van der Waals surface area contributed by atoms with Gasteiger partial charge in [-0.3, -0.25) is 14.5 Å². The van der Waals surface area contributed by atoms with E-state index in [9.17, 15) is 4.79 Å². The molecule has 0 aliphatic carbocycles. The average molecular weight is 572 g/mol. The van der Waals surface area contributed by atoms with Crippen LogP contribution in [0.4, 0.5) is 17.3 Å². The number of nitrogens with one attached hydrogen (secondary N) is 3. The molecular formula is C29H33N9O2S.